The Bertz CT molecular complexity index is 1080. The molecule has 4 rings (SSSR count). The molecule has 130 valence electrons. The van der Waals surface area contributed by atoms with Gasteiger partial charge in [-0.25, -0.2) is 0 Å². The number of hydrogen-bond acceptors (Lipinski definition) is 5. The Morgan fingerprint density at radius 3 is 2.50 bits per heavy atom. The van der Waals surface area contributed by atoms with E-state index in [2.05, 4.69) is 5.32 Å². The summed E-state index contributed by atoms with van der Waals surface area (Å²) in [4.78, 5) is 23.5. The average molecular weight is 349 g/mol. The van der Waals surface area contributed by atoms with Crippen LogP contribution in [0, 0.1) is 0 Å². The fourth-order valence-corrected chi connectivity index (χ4v) is 3.40. The smallest absolute Gasteiger partial charge is 0.261 e. The minimum absolute atomic E-state index is 0.00255. The molecule has 0 aromatic heterocycles. The van der Waals surface area contributed by atoms with E-state index in [0.29, 0.717) is 27.5 Å². The number of carbonyl (C=O) groups excluding carboxylic acids is 2. The minimum atomic E-state index is -0.602. The van der Waals surface area contributed by atoms with Crippen LogP contribution in [0.3, 0.4) is 0 Å². The lowest BCUT2D eigenvalue weighted by Gasteiger charge is -2.23. The zero-order chi connectivity index (χ0) is 18.4. The quantitative estimate of drug-likeness (QED) is 0.468. The fourth-order valence-electron chi connectivity index (χ4n) is 3.40. The first kappa shape index (κ1) is 16.0. The van der Waals surface area contributed by atoms with E-state index < -0.39 is 11.8 Å². The molecule has 6 heteroatoms. The molecule has 4 N–H and O–H groups in total. The van der Waals surface area contributed by atoms with Crippen LogP contribution < -0.4 is 5.32 Å². The van der Waals surface area contributed by atoms with Crippen molar-refractivity contribution in [1.82, 2.24) is 5.32 Å². The maximum Gasteiger partial charge on any atom is 0.261 e. The molecule has 1 fully saturated rings. The Hall–Kier alpha value is -3.54. The highest BCUT2D eigenvalue weighted by Crippen LogP contribution is 2.38. The highest BCUT2D eigenvalue weighted by Gasteiger charge is 2.31. The van der Waals surface area contributed by atoms with Crippen molar-refractivity contribution in [2.24, 2.45) is 0 Å². The second kappa shape index (κ2) is 5.77. The van der Waals surface area contributed by atoms with E-state index in [9.17, 15) is 24.9 Å². The van der Waals surface area contributed by atoms with Crippen molar-refractivity contribution in [3.63, 3.8) is 0 Å². The summed E-state index contributed by atoms with van der Waals surface area (Å²) in [6.07, 6.45) is 3.38. The van der Waals surface area contributed by atoms with E-state index in [0.717, 1.165) is 0 Å². The van der Waals surface area contributed by atoms with Crippen LogP contribution in [0.15, 0.2) is 58.9 Å². The van der Waals surface area contributed by atoms with Crippen LogP contribution in [0.5, 0.6) is 11.5 Å². The summed E-state index contributed by atoms with van der Waals surface area (Å²) < 4.78 is 0. The summed E-state index contributed by atoms with van der Waals surface area (Å²) in [7, 11) is 0. The highest BCUT2D eigenvalue weighted by molar-refractivity contribution is 6.12. The van der Waals surface area contributed by atoms with E-state index in [4.69, 9.17) is 0 Å². The number of benzene rings is 2. The molecular formula is C20H15NO5. The summed E-state index contributed by atoms with van der Waals surface area (Å²) in [5.41, 5.74) is 1.58. The molecule has 0 radical (unpaired) electrons. The van der Waals surface area contributed by atoms with E-state index in [1.807, 2.05) is 0 Å². The zero-order valence-corrected chi connectivity index (χ0v) is 13.6. The van der Waals surface area contributed by atoms with Crippen molar-refractivity contribution >= 4 is 28.7 Å². The van der Waals surface area contributed by atoms with E-state index in [1.165, 1.54) is 6.07 Å². The standard InChI is InChI=1S/C20H15NO5/c22-15-8-12(19(25)14-4-2-1-3-13(14)15)6-10-5-11-9-17(24)21-20(26)18(11)16(23)7-10/h1-6,8,22-23,25H,7,9H2,(H,21,24,26). The third-order valence-electron chi connectivity index (χ3n) is 4.54. The number of aliphatic hydroxyl groups is 1. The number of nitrogens with one attached hydrogen (secondary N) is 1. The maximum atomic E-state index is 11.9. The third-order valence-corrected chi connectivity index (χ3v) is 4.54. The lowest BCUT2D eigenvalue weighted by molar-refractivity contribution is -0.129. The van der Waals surface area contributed by atoms with Crippen molar-refractivity contribution in [1.29, 1.82) is 0 Å². The molecule has 2 amide bonds. The van der Waals surface area contributed by atoms with Gasteiger partial charge in [0.25, 0.3) is 5.91 Å². The lowest BCUT2D eigenvalue weighted by Crippen LogP contribution is -2.38. The van der Waals surface area contributed by atoms with Gasteiger partial charge in [0.1, 0.15) is 17.3 Å². The maximum absolute atomic E-state index is 11.9. The number of imide groups is 1. The van der Waals surface area contributed by atoms with E-state index in [-0.39, 0.29) is 35.7 Å². The van der Waals surface area contributed by atoms with E-state index in [1.54, 1.807) is 36.4 Å². The van der Waals surface area contributed by atoms with Crippen LogP contribution >= 0.6 is 0 Å². The normalized spacial score (nSPS) is 18.8. The summed E-state index contributed by atoms with van der Waals surface area (Å²) in [6.45, 7) is 0. The van der Waals surface area contributed by atoms with Gasteiger partial charge >= 0.3 is 0 Å². The molecule has 1 heterocycles. The van der Waals surface area contributed by atoms with Crippen LogP contribution in [-0.4, -0.2) is 27.1 Å². The molecule has 0 atom stereocenters. The predicted molar refractivity (Wildman–Crippen MR) is 95.4 cm³/mol. The first-order chi connectivity index (χ1) is 12.4. The highest BCUT2D eigenvalue weighted by atomic mass is 16.3. The molecule has 0 saturated carbocycles. The number of piperidine rings is 1. The number of carbonyl (C=O) groups is 2. The largest absolute Gasteiger partial charge is 0.511 e. The van der Waals surface area contributed by atoms with Gasteiger partial charge in [-0.3, -0.25) is 14.9 Å². The Morgan fingerprint density at radius 2 is 1.73 bits per heavy atom. The number of aliphatic hydroxyl groups excluding tert-OH is 1. The van der Waals surface area contributed by atoms with Gasteiger partial charge in [0.2, 0.25) is 5.91 Å². The van der Waals surface area contributed by atoms with Gasteiger partial charge in [-0.15, -0.1) is 0 Å². The molecule has 0 spiro atoms. The molecule has 6 nitrogen and oxygen atoms in total. The van der Waals surface area contributed by atoms with Crippen LogP contribution in [0.2, 0.25) is 0 Å². The van der Waals surface area contributed by atoms with Gasteiger partial charge in [-0.1, -0.05) is 30.3 Å². The molecule has 1 aliphatic heterocycles. The SMILES string of the molecule is O=C1CC2=CC(=Cc3cc(O)c4ccccc4c3O)CC(O)=C2C(=O)N1. The predicted octanol–water partition coefficient (Wildman–Crippen LogP) is 2.82. The van der Waals surface area contributed by atoms with E-state index >= 15 is 0 Å². The lowest BCUT2D eigenvalue weighted by atomic mass is 9.87. The number of hydrogen-bond donors (Lipinski definition) is 4. The number of fused-ring (bicyclic) bond motifs is 2. The van der Waals surface area contributed by atoms with Crippen LogP contribution in [0.4, 0.5) is 0 Å². The minimum Gasteiger partial charge on any atom is -0.511 e. The van der Waals surface area contributed by atoms with Gasteiger partial charge in [0.15, 0.2) is 0 Å². The summed E-state index contributed by atoms with van der Waals surface area (Å²) in [5, 5.41) is 34.2. The Morgan fingerprint density at radius 1 is 1.00 bits per heavy atom. The topological polar surface area (TPSA) is 107 Å². The van der Waals surface area contributed by atoms with Gasteiger partial charge < -0.3 is 15.3 Å². The zero-order valence-electron chi connectivity index (χ0n) is 13.6. The fraction of sp³-hybridized carbons (Fsp3) is 0.100. The number of rotatable bonds is 1. The van der Waals surface area contributed by atoms with Crippen molar-refractivity contribution in [3.05, 3.63) is 64.4 Å². The van der Waals surface area contributed by atoms with Crippen LogP contribution in [0.25, 0.3) is 16.8 Å². The van der Waals surface area contributed by atoms with Crippen molar-refractivity contribution < 1.29 is 24.9 Å². The summed E-state index contributed by atoms with van der Waals surface area (Å²) >= 11 is 0. The third kappa shape index (κ3) is 2.52. The van der Waals surface area contributed by atoms with Gasteiger partial charge in [0.05, 0.1) is 12.0 Å². The first-order valence-electron chi connectivity index (χ1n) is 8.05. The van der Waals surface area contributed by atoms with Crippen molar-refractivity contribution in [2.45, 2.75) is 12.8 Å². The second-order valence-corrected chi connectivity index (χ2v) is 6.32. The van der Waals surface area contributed by atoms with Gasteiger partial charge in [-0.05, 0) is 23.3 Å². The molecule has 2 aliphatic rings. The molecular weight excluding hydrogens is 334 g/mol. The summed E-state index contributed by atoms with van der Waals surface area (Å²) in [5.74, 6) is -1.11. The number of amides is 2. The monoisotopic (exact) mass is 349 g/mol. The first-order valence-corrected chi connectivity index (χ1v) is 8.05. The average Bonchev–Trinajstić information content (AvgIpc) is 2.58. The Kier molecular flexibility index (Phi) is 3.54. The Balaban J connectivity index is 1.81. The molecule has 0 unspecified atom stereocenters. The number of allylic oxidation sites excluding steroid dienone is 2. The second-order valence-electron chi connectivity index (χ2n) is 6.32. The number of phenolic OH excluding ortho intramolecular Hbond substituents is 2. The van der Waals surface area contributed by atoms with Gasteiger partial charge in [-0.2, -0.15) is 0 Å². The Labute approximate surface area is 148 Å². The molecule has 2 aromatic rings. The molecule has 1 aliphatic carbocycles. The molecule has 2 aromatic carbocycles. The van der Waals surface area contributed by atoms with Crippen LogP contribution in [0.1, 0.15) is 18.4 Å². The van der Waals surface area contributed by atoms with Crippen LogP contribution in [-0.2, 0) is 9.59 Å². The van der Waals surface area contributed by atoms with Crippen molar-refractivity contribution in [2.75, 3.05) is 0 Å². The summed E-state index contributed by atoms with van der Waals surface area (Å²) in [6, 6.07) is 8.37. The number of aromatic hydroxyl groups is 2. The molecule has 0 bridgehead atoms. The van der Waals surface area contributed by atoms with Crippen molar-refractivity contribution in [3.8, 4) is 11.5 Å². The molecule has 1 saturated heterocycles. The molecule has 26 heavy (non-hydrogen) atoms. The van der Waals surface area contributed by atoms with Gasteiger partial charge in [0, 0.05) is 22.8 Å². The number of phenols is 2.